The first-order valence-electron chi connectivity index (χ1n) is 4.56. The van der Waals surface area contributed by atoms with E-state index in [0.717, 1.165) is 12.8 Å². The van der Waals surface area contributed by atoms with E-state index < -0.39 is 0 Å². The van der Waals surface area contributed by atoms with Gasteiger partial charge >= 0.3 is 5.97 Å². The van der Waals surface area contributed by atoms with E-state index in [1.165, 1.54) is 0 Å². The summed E-state index contributed by atoms with van der Waals surface area (Å²) in [5, 5.41) is 0. The molecule has 14 heavy (non-hydrogen) atoms. The van der Waals surface area contributed by atoms with Gasteiger partial charge in [0.2, 0.25) is 0 Å². The predicted molar refractivity (Wildman–Crippen MR) is 57.4 cm³/mol. The van der Waals surface area contributed by atoms with Gasteiger partial charge in [-0.25, -0.2) is 4.79 Å². The molecule has 0 N–H and O–H groups in total. The van der Waals surface area contributed by atoms with Crippen LogP contribution in [0.5, 0.6) is 0 Å². The first kappa shape index (κ1) is 13.7. The summed E-state index contributed by atoms with van der Waals surface area (Å²) in [6, 6.07) is 9.05. The fourth-order valence-electron chi connectivity index (χ4n) is 0.967. The molecule has 1 aromatic rings. The standard InChI is InChI=1S/C11H14O2.Na/c1-2-3-9-13-11(12)10-7-5-4-6-8-10;/h4-8H,2-3,9H2,1H3;. The Morgan fingerprint density at radius 2 is 1.93 bits per heavy atom. The molecule has 0 spiro atoms. The van der Waals surface area contributed by atoms with E-state index in [0.29, 0.717) is 12.2 Å². The number of hydrogen-bond donors (Lipinski definition) is 0. The molecule has 0 aliphatic rings. The molecule has 0 heterocycles. The Morgan fingerprint density at radius 1 is 1.29 bits per heavy atom. The van der Waals surface area contributed by atoms with Crippen molar-refractivity contribution >= 4 is 35.5 Å². The smallest absolute Gasteiger partial charge is 0.338 e. The molecule has 1 aromatic carbocycles. The van der Waals surface area contributed by atoms with Gasteiger partial charge in [0.15, 0.2) is 0 Å². The number of hydrogen-bond acceptors (Lipinski definition) is 2. The number of esters is 1. The van der Waals surface area contributed by atoms with Crippen LogP contribution in [-0.4, -0.2) is 42.1 Å². The van der Waals surface area contributed by atoms with Gasteiger partial charge < -0.3 is 4.74 Å². The van der Waals surface area contributed by atoms with Crippen LogP contribution in [0.3, 0.4) is 0 Å². The topological polar surface area (TPSA) is 26.3 Å². The number of rotatable bonds is 4. The van der Waals surface area contributed by atoms with Crippen LogP contribution in [0.25, 0.3) is 0 Å². The minimum Gasteiger partial charge on any atom is -0.462 e. The van der Waals surface area contributed by atoms with Crippen LogP contribution in [0.1, 0.15) is 30.1 Å². The fraction of sp³-hybridized carbons (Fsp3) is 0.364. The first-order chi connectivity index (χ1) is 6.34. The van der Waals surface area contributed by atoms with Crippen molar-refractivity contribution in [1.82, 2.24) is 0 Å². The fourth-order valence-corrected chi connectivity index (χ4v) is 0.967. The summed E-state index contributed by atoms with van der Waals surface area (Å²) < 4.78 is 5.03. The van der Waals surface area contributed by atoms with E-state index in [1.54, 1.807) is 12.1 Å². The van der Waals surface area contributed by atoms with Crippen LogP contribution in [0.15, 0.2) is 30.3 Å². The Kier molecular flexibility index (Phi) is 7.86. The van der Waals surface area contributed by atoms with Gasteiger partial charge in [-0.2, -0.15) is 0 Å². The Morgan fingerprint density at radius 3 is 2.50 bits per heavy atom. The second kappa shape index (κ2) is 8.04. The maximum absolute atomic E-state index is 11.3. The molecule has 0 aromatic heterocycles. The van der Waals surface area contributed by atoms with Crippen LogP contribution in [-0.2, 0) is 4.74 Å². The van der Waals surface area contributed by atoms with Crippen LogP contribution in [0.4, 0.5) is 0 Å². The molecule has 0 saturated carbocycles. The molecule has 2 nitrogen and oxygen atoms in total. The van der Waals surface area contributed by atoms with E-state index in [2.05, 4.69) is 6.92 Å². The minimum absolute atomic E-state index is 0. The molecule has 1 rings (SSSR count). The summed E-state index contributed by atoms with van der Waals surface area (Å²) in [4.78, 5) is 11.3. The summed E-state index contributed by atoms with van der Waals surface area (Å²) in [6.07, 6.45) is 1.97. The van der Waals surface area contributed by atoms with Crippen molar-refractivity contribution in [3.8, 4) is 0 Å². The van der Waals surface area contributed by atoms with Gasteiger partial charge in [-0.3, -0.25) is 0 Å². The molecule has 0 amide bonds. The van der Waals surface area contributed by atoms with Crippen molar-refractivity contribution in [1.29, 1.82) is 0 Å². The molecule has 0 saturated heterocycles. The molecular formula is C11H14NaO2. The SMILES string of the molecule is CCCCOC(=O)c1ccccc1.[Na]. The Balaban J connectivity index is 0.00000169. The quantitative estimate of drug-likeness (QED) is 0.424. The zero-order valence-electron chi connectivity index (χ0n) is 8.82. The van der Waals surface area contributed by atoms with Gasteiger partial charge in [-0.1, -0.05) is 31.5 Å². The number of benzene rings is 1. The molecule has 0 aliphatic heterocycles. The zero-order valence-corrected chi connectivity index (χ0v) is 10.8. The molecule has 71 valence electrons. The van der Waals surface area contributed by atoms with Crippen molar-refractivity contribution < 1.29 is 9.53 Å². The van der Waals surface area contributed by atoms with E-state index in [1.807, 2.05) is 18.2 Å². The van der Waals surface area contributed by atoms with Crippen molar-refractivity contribution in [2.24, 2.45) is 0 Å². The summed E-state index contributed by atoms with van der Waals surface area (Å²) in [5.74, 6) is -0.228. The second-order valence-corrected chi connectivity index (χ2v) is 2.86. The number of carbonyl (C=O) groups excluding carboxylic acids is 1. The zero-order chi connectivity index (χ0) is 9.52. The minimum atomic E-state index is -0.228. The Labute approximate surface area is 107 Å². The normalized spacial score (nSPS) is 8.93. The first-order valence-corrected chi connectivity index (χ1v) is 4.56. The number of unbranched alkanes of at least 4 members (excludes halogenated alkanes) is 1. The molecule has 0 aliphatic carbocycles. The largest absolute Gasteiger partial charge is 0.462 e. The van der Waals surface area contributed by atoms with Gasteiger partial charge in [0.1, 0.15) is 0 Å². The van der Waals surface area contributed by atoms with E-state index in [4.69, 9.17) is 4.74 Å². The summed E-state index contributed by atoms with van der Waals surface area (Å²) in [6.45, 7) is 2.58. The average molecular weight is 201 g/mol. The van der Waals surface area contributed by atoms with E-state index in [-0.39, 0.29) is 35.5 Å². The van der Waals surface area contributed by atoms with Gasteiger partial charge in [-0.05, 0) is 18.6 Å². The van der Waals surface area contributed by atoms with E-state index in [9.17, 15) is 4.79 Å². The third-order valence-electron chi connectivity index (χ3n) is 1.74. The number of ether oxygens (including phenoxy) is 1. The van der Waals surface area contributed by atoms with Crippen LogP contribution >= 0.6 is 0 Å². The number of carbonyl (C=O) groups is 1. The molecule has 0 bridgehead atoms. The van der Waals surface area contributed by atoms with Gasteiger partial charge in [0.05, 0.1) is 12.2 Å². The van der Waals surface area contributed by atoms with Crippen LogP contribution < -0.4 is 0 Å². The predicted octanol–water partition coefficient (Wildman–Crippen LogP) is 2.26. The summed E-state index contributed by atoms with van der Waals surface area (Å²) >= 11 is 0. The maximum Gasteiger partial charge on any atom is 0.338 e. The molecule has 3 heteroatoms. The average Bonchev–Trinajstić information content (AvgIpc) is 2.19. The van der Waals surface area contributed by atoms with Crippen LogP contribution in [0, 0.1) is 0 Å². The summed E-state index contributed by atoms with van der Waals surface area (Å²) in [5.41, 5.74) is 0.624. The molecule has 0 fully saturated rings. The summed E-state index contributed by atoms with van der Waals surface area (Å²) in [7, 11) is 0. The molecule has 0 atom stereocenters. The third kappa shape index (κ3) is 4.80. The maximum atomic E-state index is 11.3. The third-order valence-corrected chi connectivity index (χ3v) is 1.74. The van der Waals surface area contributed by atoms with Crippen molar-refractivity contribution in [3.63, 3.8) is 0 Å². The van der Waals surface area contributed by atoms with Gasteiger partial charge in [0, 0.05) is 29.6 Å². The van der Waals surface area contributed by atoms with Crippen molar-refractivity contribution in [2.45, 2.75) is 19.8 Å². The Hall–Kier alpha value is -0.310. The molecule has 1 radical (unpaired) electrons. The van der Waals surface area contributed by atoms with Crippen molar-refractivity contribution in [3.05, 3.63) is 35.9 Å². The second-order valence-electron chi connectivity index (χ2n) is 2.86. The van der Waals surface area contributed by atoms with Gasteiger partial charge in [-0.15, -0.1) is 0 Å². The van der Waals surface area contributed by atoms with E-state index >= 15 is 0 Å². The van der Waals surface area contributed by atoms with Crippen LogP contribution in [0.2, 0.25) is 0 Å². The van der Waals surface area contributed by atoms with Crippen molar-refractivity contribution in [2.75, 3.05) is 6.61 Å². The van der Waals surface area contributed by atoms with Gasteiger partial charge in [0.25, 0.3) is 0 Å². The monoisotopic (exact) mass is 201 g/mol. The molecule has 0 unspecified atom stereocenters. The molecular weight excluding hydrogens is 187 g/mol. The Bertz CT molecular complexity index is 259.